The van der Waals surface area contributed by atoms with Gasteiger partial charge >= 0.3 is 11.9 Å². The van der Waals surface area contributed by atoms with E-state index in [1.807, 2.05) is 0 Å². The van der Waals surface area contributed by atoms with Gasteiger partial charge in [-0.05, 0) is 57.4 Å². The van der Waals surface area contributed by atoms with Crippen LogP contribution in [0.5, 0.6) is 0 Å². The molecule has 184 valence electrons. The van der Waals surface area contributed by atoms with E-state index >= 15 is 0 Å². The highest BCUT2D eigenvalue weighted by Crippen LogP contribution is 2.23. The van der Waals surface area contributed by atoms with E-state index in [0.29, 0.717) is 24.3 Å². The molecule has 0 bridgehead atoms. The molecule has 1 aromatic heterocycles. The zero-order chi connectivity index (χ0) is 24.9. The molecular formula is C23H29N3O7S. The van der Waals surface area contributed by atoms with Crippen LogP contribution in [-0.4, -0.2) is 61.9 Å². The second kappa shape index (κ2) is 10.8. The Bertz CT molecular complexity index is 1180. The molecule has 2 N–H and O–H groups in total. The quantitative estimate of drug-likeness (QED) is 0.542. The van der Waals surface area contributed by atoms with E-state index in [-0.39, 0.29) is 28.4 Å². The van der Waals surface area contributed by atoms with E-state index in [4.69, 9.17) is 9.47 Å². The molecule has 3 rings (SSSR count). The number of sulfonamides is 1. The fourth-order valence-electron chi connectivity index (χ4n) is 3.85. The van der Waals surface area contributed by atoms with Crippen LogP contribution in [0, 0.1) is 13.8 Å². The maximum absolute atomic E-state index is 12.9. The summed E-state index contributed by atoms with van der Waals surface area (Å²) in [5, 5.41) is 2.55. The van der Waals surface area contributed by atoms with Gasteiger partial charge in [-0.3, -0.25) is 4.79 Å². The van der Waals surface area contributed by atoms with Crippen molar-refractivity contribution in [3.8, 4) is 0 Å². The molecule has 0 atom stereocenters. The summed E-state index contributed by atoms with van der Waals surface area (Å²) in [4.78, 5) is 39.8. The van der Waals surface area contributed by atoms with Crippen molar-refractivity contribution in [1.82, 2.24) is 9.29 Å². The molecule has 10 nitrogen and oxygen atoms in total. The number of piperidine rings is 1. The summed E-state index contributed by atoms with van der Waals surface area (Å²) >= 11 is 0. The van der Waals surface area contributed by atoms with Crippen molar-refractivity contribution in [2.45, 2.75) is 44.9 Å². The molecule has 0 aliphatic carbocycles. The van der Waals surface area contributed by atoms with Crippen LogP contribution in [0.2, 0.25) is 0 Å². The Morgan fingerprint density at radius 2 is 1.76 bits per heavy atom. The highest BCUT2D eigenvalue weighted by molar-refractivity contribution is 7.89. The Hall–Kier alpha value is -3.18. The number of nitrogens with one attached hydrogen (secondary N) is 2. The number of carbonyl (C=O) groups excluding carboxylic acids is 3. The van der Waals surface area contributed by atoms with Gasteiger partial charge in [0, 0.05) is 24.5 Å². The summed E-state index contributed by atoms with van der Waals surface area (Å²) in [7, 11) is -3.65. The predicted molar refractivity (Wildman–Crippen MR) is 124 cm³/mol. The number of nitrogens with zero attached hydrogens (tertiary/aromatic N) is 1. The van der Waals surface area contributed by atoms with Gasteiger partial charge in [-0.25, -0.2) is 18.0 Å². The summed E-state index contributed by atoms with van der Waals surface area (Å²) in [5.41, 5.74) is 1.38. The molecule has 0 saturated carbocycles. The summed E-state index contributed by atoms with van der Waals surface area (Å²) in [6.45, 7) is 5.43. The zero-order valence-electron chi connectivity index (χ0n) is 19.5. The van der Waals surface area contributed by atoms with E-state index in [0.717, 1.165) is 19.3 Å². The third-order valence-electron chi connectivity index (χ3n) is 5.53. The molecule has 0 spiro atoms. The Morgan fingerprint density at radius 1 is 1.06 bits per heavy atom. The van der Waals surface area contributed by atoms with Gasteiger partial charge in [0.1, 0.15) is 5.69 Å². The molecule has 34 heavy (non-hydrogen) atoms. The van der Waals surface area contributed by atoms with Crippen LogP contribution in [0.3, 0.4) is 0 Å². The first kappa shape index (κ1) is 25.4. The van der Waals surface area contributed by atoms with E-state index in [2.05, 4.69) is 10.3 Å². The van der Waals surface area contributed by atoms with Crippen LogP contribution in [-0.2, 0) is 24.3 Å². The van der Waals surface area contributed by atoms with Crippen LogP contribution in [0.1, 0.15) is 58.3 Å². The summed E-state index contributed by atoms with van der Waals surface area (Å²) in [5.74, 6) is -1.98. The highest BCUT2D eigenvalue weighted by atomic mass is 32.2. The minimum atomic E-state index is -3.65. The number of benzene rings is 1. The van der Waals surface area contributed by atoms with Crippen molar-refractivity contribution in [3.05, 3.63) is 46.8 Å². The lowest BCUT2D eigenvalue weighted by atomic mass is 10.1. The maximum atomic E-state index is 12.9. The minimum Gasteiger partial charge on any atom is -0.461 e. The molecule has 0 radical (unpaired) electrons. The van der Waals surface area contributed by atoms with Gasteiger partial charge in [-0.15, -0.1) is 0 Å². The Morgan fingerprint density at radius 3 is 2.44 bits per heavy atom. The van der Waals surface area contributed by atoms with E-state index in [9.17, 15) is 22.8 Å². The summed E-state index contributed by atoms with van der Waals surface area (Å²) < 4.78 is 37.3. The third kappa shape index (κ3) is 5.65. The number of ether oxygens (including phenoxy) is 2. The molecule has 1 aromatic carbocycles. The van der Waals surface area contributed by atoms with Gasteiger partial charge < -0.3 is 19.8 Å². The number of rotatable bonds is 8. The Labute approximate surface area is 198 Å². The lowest BCUT2D eigenvalue weighted by molar-refractivity contribution is -0.119. The SMILES string of the molecule is CCOC(=O)c1[nH]c(C)c(C(=O)OCC(=O)Nc2cccc(S(=O)(=O)N3CCCCC3)c2)c1C. The number of hydrogen-bond donors (Lipinski definition) is 2. The van der Waals surface area contributed by atoms with Crippen molar-refractivity contribution in [2.24, 2.45) is 0 Å². The minimum absolute atomic E-state index is 0.0919. The first-order valence-corrected chi connectivity index (χ1v) is 12.5. The molecule has 1 amide bonds. The number of amides is 1. The van der Waals surface area contributed by atoms with Crippen LogP contribution >= 0.6 is 0 Å². The molecule has 2 heterocycles. The molecule has 1 aliphatic heterocycles. The van der Waals surface area contributed by atoms with Crippen molar-refractivity contribution in [1.29, 1.82) is 0 Å². The van der Waals surface area contributed by atoms with Crippen molar-refractivity contribution in [2.75, 3.05) is 31.6 Å². The number of aromatic amines is 1. The monoisotopic (exact) mass is 491 g/mol. The zero-order valence-corrected chi connectivity index (χ0v) is 20.3. The van der Waals surface area contributed by atoms with Crippen LogP contribution in [0.15, 0.2) is 29.2 Å². The van der Waals surface area contributed by atoms with Crippen molar-refractivity contribution >= 4 is 33.6 Å². The molecule has 0 unspecified atom stereocenters. The average molecular weight is 492 g/mol. The van der Waals surface area contributed by atoms with Crippen molar-refractivity contribution < 1.29 is 32.3 Å². The van der Waals surface area contributed by atoms with E-state index in [1.165, 1.54) is 16.4 Å². The molecule has 2 aromatic rings. The predicted octanol–water partition coefficient (Wildman–Crippen LogP) is 2.78. The summed E-state index contributed by atoms with van der Waals surface area (Å²) in [6.07, 6.45) is 2.65. The topological polar surface area (TPSA) is 135 Å². The van der Waals surface area contributed by atoms with Crippen LogP contribution in [0.25, 0.3) is 0 Å². The standard InChI is InChI=1S/C23H29N3O7S/c1-4-32-23(29)21-15(2)20(16(3)24-21)22(28)33-14-19(27)25-17-9-8-10-18(13-17)34(30,31)26-11-6-5-7-12-26/h8-10,13,24H,4-7,11-12,14H2,1-3H3,(H,25,27). The molecular weight excluding hydrogens is 462 g/mol. The van der Waals surface area contributed by atoms with Gasteiger partial charge in [0.25, 0.3) is 5.91 Å². The van der Waals surface area contributed by atoms with Gasteiger partial charge in [0.2, 0.25) is 10.0 Å². The van der Waals surface area contributed by atoms with Gasteiger partial charge in [-0.1, -0.05) is 12.5 Å². The van der Waals surface area contributed by atoms with Crippen LogP contribution in [0.4, 0.5) is 5.69 Å². The first-order chi connectivity index (χ1) is 16.1. The lowest BCUT2D eigenvalue weighted by Gasteiger charge is -2.26. The van der Waals surface area contributed by atoms with Gasteiger partial charge in [0.05, 0.1) is 17.1 Å². The first-order valence-electron chi connectivity index (χ1n) is 11.1. The smallest absolute Gasteiger partial charge is 0.355 e. The number of aryl methyl sites for hydroxylation is 1. The molecule has 1 fully saturated rings. The fraction of sp³-hybridized carbons (Fsp3) is 0.435. The van der Waals surface area contributed by atoms with E-state index < -0.39 is 34.5 Å². The average Bonchev–Trinajstić information content (AvgIpc) is 3.12. The molecule has 11 heteroatoms. The molecule has 1 saturated heterocycles. The highest BCUT2D eigenvalue weighted by Gasteiger charge is 2.27. The van der Waals surface area contributed by atoms with Crippen LogP contribution < -0.4 is 5.32 Å². The lowest BCUT2D eigenvalue weighted by Crippen LogP contribution is -2.35. The summed E-state index contributed by atoms with van der Waals surface area (Å²) in [6, 6.07) is 5.97. The third-order valence-corrected chi connectivity index (χ3v) is 7.42. The maximum Gasteiger partial charge on any atom is 0.355 e. The molecule has 1 aliphatic rings. The number of H-pyrrole nitrogens is 1. The Kier molecular flexibility index (Phi) is 8.11. The normalized spacial score (nSPS) is 14.4. The van der Waals surface area contributed by atoms with Gasteiger partial charge in [-0.2, -0.15) is 4.31 Å². The number of esters is 2. The second-order valence-electron chi connectivity index (χ2n) is 7.96. The number of aromatic nitrogens is 1. The Balaban J connectivity index is 1.63. The fourth-order valence-corrected chi connectivity index (χ4v) is 5.42. The number of anilines is 1. The second-order valence-corrected chi connectivity index (χ2v) is 9.90. The van der Waals surface area contributed by atoms with E-state index in [1.54, 1.807) is 32.9 Å². The van der Waals surface area contributed by atoms with Crippen molar-refractivity contribution in [3.63, 3.8) is 0 Å². The number of hydrogen-bond acceptors (Lipinski definition) is 7. The van der Waals surface area contributed by atoms with Gasteiger partial charge in [0.15, 0.2) is 6.61 Å². The largest absolute Gasteiger partial charge is 0.461 e. The number of carbonyl (C=O) groups is 3.